The number of carbonyl (C=O) groups excluding carboxylic acids is 1. The lowest BCUT2D eigenvalue weighted by molar-refractivity contribution is 0.102. The molecule has 5 rings (SSSR count). The van der Waals surface area contributed by atoms with Gasteiger partial charge in [-0.1, -0.05) is 54.2 Å². The van der Waals surface area contributed by atoms with E-state index in [1.54, 1.807) is 22.8 Å². The van der Waals surface area contributed by atoms with Crippen LogP contribution in [0.15, 0.2) is 94.7 Å². The van der Waals surface area contributed by atoms with Crippen molar-refractivity contribution >= 4 is 23.4 Å². The van der Waals surface area contributed by atoms with Crippen LogP contribution in [0.25, 0.3) is 17.1 Å². The molecule has 0 bridgehead atoms. The average molecular weight is 490 g/mol. The smallest absolute Gasteiger partial charge is 0.277 e. The van der Waals surface area contributed by atoms with Crippen molar-refractivity contribution in [2.24, 2.45) is 0 Å². The van der Waals surface area contributed by atoms with Gasteiger partial charge in [0.2, 0.25) is 5.89 Å². The minimum Gasteiger partial charge on any atom is -0.447 e. The number of aromatic nitrogens is 4. The molecule has 0 saturated heterocycles. The molecule has 3 aromatic carbocycles. The van der Waals surface area contributed by atoms with E-state index < -0.39 is 17.5 Å². The molecule has 1 amide bonds. The van der Waals surface area contributed by atoms with Gasteiger partial charge < -0.3 is 9.73 Å². The number of nitrogens with zero attached hydrogens (tertiary/aromatic N) is 4. The van der Waals surface area contributed by atoms with Crippen molar-refractivity contribution in [3.8, 4) is 17.1 Å². The normalized spacial score (nSPS) is 10.9. The Bertz CT molecular complexity index is 1470. The molecular weight excluding hydrogens is 472 g/mol. The van der Waals surface area contributed by atoms with Crippen molar-refractivity contribution in [1.82, 2.24) is 19.7 Å². The van der Waals surface area contributed by atoms with Crippen LogP contribution in [-0.4, -0.2) is 25.7 Å². The summed E-state index contributed by atoms with van der Waals surface area (Å²) in [6, 6.07) is 21.1. The van der Waals surface area contributed by atoms with Crippen LogP contribution in [-0.2, 0) is 5.75 Å². The Kier molecular flexibility index (Phi) is 6.36. The molecule has 0 saturated carbocycles. The van der Waals surface area contributed by atoms with E-state index in [1.165, 1.54) is 48.4 Å². The number of halogens is 2. The van der Waals surface area contributed by atoms with Gasteiger partial charge in [0.15, 0.2) is 16.7 Å². The predicted octanol–water partition coefficient (Wildman–Crippen LogP) is 5.75. The van der Waals surface area contributed by atoms with E-state index in [2.05, 4.69) is 20.5 Å². The molecule has 1 N–H and O–H groups in total. The third-order valence-corrected chi connectivity index (χ3v) is 5.88. The molecule has 5 aromatic rings. The number of amides is 1. The molecule has 0 fully saturated rings. The number of nitrogens with one attached hydrogen (secondary N) is 1. The van der Waals surface area contributed by atoms with Crippen molar-refractivity contribution in [1.29, 1.82) is 0 Å². The number of benzene rings is 3. The van der Waals surface area contributed by atoms with Gasteiger partial charge in [0, 0.05) is 11.3 Å². The summed E-state index contributed by atoms with van der Waals surface area (Å²) in [5.74, 6) is -0.304. The van der Waals surface area contributed by atoms with E-state index in [4.69, 9.17) is 4.42 Å². The molecule has 0 atom stereocenters. The quantitative estimate of drug-likeness (QED) is 0.293. The van der Waals surface area contributed by atoms with Gasteiger partial charge in [-0.25, -0.2) is 13.8 Å². The number of thioether (sulfide) groups is 1. The number of hydrogen-bond donors (Lipinski definition) is 1. The van der Waals surface area contributed by atoms with Gasteiger partial charge in [-0.2, -0.15) is 0 Å². The number of hydrogen-bond acceptors (Lipinski definition) is 6. The van der Waals surface area contributed by atoms with E-state index in [0.29, 0.717) is 22.4 Å². The van der Waals surface area contributed by atoms with E-state index in [1.807, 2.05) is 30.3 Å². The van der Waals surface area contributed by atoms with E-state index in [9.17, 15) is 13.6 Å². The largest absolute Gasteiger partial charge is 0.447 e. The highest BCUT2D eigenvalue weighted by Gasteiger charge is 2.20. The van der Waals surface area contributed by atoms with E-state index in [-0.39, 0.29) is 17.3 Å². The number of para-hydroxylation sites is 1. The molecule has 0 aliphatic rings. The van der Waals surface area contributed by atoms with Crippen molar-refractivity contribution in [3.05, 3.63) is 108 Å². The molecule has 174 valence electrons. The highest BCUT2D eigenvalue weighted by molar-refractivity contribution is 7.98. The standard InChI is InChI=1S/C25H17F2N5O2S/c26-17-10-12-18(13-11-17)28-24(33)20-14-34-22(29-20)15-35-25-31-30-23(16-6-2-1-3-7-16)32(25)21-9-5-4-8-19(21)27/h1-14H,15H2,(H,28,33). The Morgan fingerprint density at radius 3 is 2.46 bits per heavy atom. The van der Waals surface area contributed by atoms with Crippen LogP contribution >= 0.6 is 11.8 Å². The van der Waals surface area contributed by atoms with Crippen molar-refractivity contribution in [2.75, 3.05) is 5.32 Å². The first-order chi connectivity index (χ1) is 17.1. The molecule has 0 aliphatic heterocycles. The maximum Gasteiger partial charge on any atom is 0.277 e. The van der Waals surface area contributed by atoms with Crippen molar-refractivity contribution in [2.45, 2.75) is 10.9 Å². The molecule has 10 heteroatoms. The first-order valence-electron chi connectivity index (χ1n) is 10.5. The van der Waals surface area contributed by atoms with E-state index in [0.717, 1.165) is 5.56 Å². The fourth-order valence-electron chi connectivity index (χ4n) is 3.32. The lowest BCUT2D eigenvalue weighted by Gasteiger charge is -2.10. The highest BCUT2D eigenvalue weighted by Crippen LogP contribution is 2.30. The zero-order valence-corrected chi connectivity index (χ0v) is 18.9. The van der Waals surface area contributed by atoms with Crippen LogP contribution < -0.4 is 5.32 Å². The summed E-state index contributed by atoms with van der Waals surface area (Å²) in [4.78, 5) is 16.6. The molecule has 2 heterocycles. The number of oxazole rings is 1. The van der Waals surface area contributed by atoms with Crippen LogP contribution in [0.1, 0.15) is 16.4 Å². The third kappa shape index (κ3) is 4.97. The SMILES string of the molecule is O=C(Nc1ccc(F)cc1)c1coc(CSc2nnc(-c3ccccc3)n2-c2ccccc2F)n1. The third-order valence-electron chi connectivity index (χ3n) is 4.97. The molecular formula is C25H17F2N5O2S. The topological polar surface area (TPSA) is 85.8 Å². The summed E-state index contributed by atoms with van der Waals surface area (Å²) in [5, 5.41) is 11.6. The van der Waals surface area contributed by atoms with Crippen molar-refractivity contribution < 1.29 is 18.0 Å². The van der Waals surface area contributed by atoms with E-state index >= 15 is 0 Å². The van der Waals surface area contributed by atoms with Gasteiger partial charge in [0.05, 0.1) is 11.4 Å². The van der Waals surface area contributed by atoms with Crippen molar-refractivity contribution in [3.63, 3.8) is 0 Å². The summed E-state index contributed by atoms with van der Waals surface area (Å²) < 4.78 is 34.8. The summed E-state index contributed by atoms with van der Waals surface area (Å²) in [5.41, 5.74) is 1.60. The first-order valence-corrected chi connectivity index (χ1v) is 11.5. The van der Waals surface area contributed by atoms with Gasteiger partial charge >= 0.3 is 0 Å². The molecule has 35 heavy (non-hydrogen) atoms. The number of rotatable bonds is 7. The monoisotopic (exact) mass is 489 g/mol. The summed E-state index contributed by atoms with van der Waals surface area (Å²) in [7, 11) is 0. The molecule has 7 nitrogen and oxygen atoms in total. The molecule has 2 aromatic heterocycles. The molecule has 0 radical (unpaired) electrons. The second-order valence-corrected chi connectivity index (χ2v) is 8.28. The predicted molar refractivity (Wildman–Crippen MR) is 127 cm³/mol. The average Bonchev–Trinajstić information content (AvgIpc) is 3.52. The fourth-order valence-corrected chi connectivity index (χ4v) is 4.12. The molecule has 0 aliphatic carbocycles. The van der Waals surface area contributed by atoms with Crippen LogP contribution in [0.2, 0.25) is 0 Å². The minimum atomic E-state index is -0.488. The zero-order chi connectivity index (χ0) is 24.2. The maximum absolute atomic E-state index is 14.7. The van der Waals surface area contributed by atoms with Gasteiger partial charge in [-0.3, -0.25) is 9.36 Å². The lowest BCUT2D eigenvalue weighted by Crippen LogP contribution is -2.12. The van der Waals surface area contributed by atoms with Crippen LogP contribution in [0.5, 0.6) is 0 Å². The van der Waals surface area contributed by atoms with Gasteiger partial charge in [-0.15, -0.1) is 10.2 Å². The fraction of sp³-hybridized carbons (Fsp3) is 0.0400. The lowest BCUT2D eigenvalue weighted by atomic mass is 10.2. The zero-order valence-electron chi connectivity index (χ0n) is 18.1. The summed E-state index contributed by atoms with van der Waals surface area (Å²) in [6.07, 6.45) is 1.24. The Morgan fingerprint density at radius 1 is 0.943 bits per heavy atom. The first kappa shape index (κ1) is 22.5. The Hall–Kier alpha value is -4.31. The Morgan fingerprint density at radius 2 is 1.69 bits per heavy atom. The summed E-state index contributed by atoms with van der Waals surface area (Å²) >= 11 is 1.24. The Labute approximate surface area is 202 Å². The van der Waals surface area contributed by atoms with Gasteiger partial charge in [0.25, 0.3) is 5.91 Å². The second kappa shape index (κ2) is 9.90. The molecule has 0 unspecified atom stereocenters. The number of carbonyl (C=O) groups is 1. The van der Waals surface area contributed by atoms with Gasteiger partial charge in [-0.05, 0) is 36.4 Å². The second-order valence-electron chi connectivity index (χ2n) is 7.34. The highest BCUT2D eigenvalue weighted by atomic mass is 32.2. The molecule has 0 spiro atoms. The van der Waals surface area contributed by atoms with Gasteiger partial charge in [0.1, 0.15) is 17.9 Å². The Balaban J connectivity index is 1.36. The number of anilines is 1. The minimum absolute atomic E-state index is 0.0745. The van der Waals surface area contributed by atoms with Crippen LogP contribution in [0.4, 0.5) is 14.5 Å². The van der Waals surface area contributed by atoms with Crippen LogP contribution in [0.3, 0.4) is 0 Å². The van der Waals surface area contributed by atoms with Crippen LogP contribution in [0, 0.1) is 11.6 Å². The maximum atomic E-state index is 14.7. The summed E-state index contributed by atoms with van der Waals surface area (Å²) in [6.45, 7) is 0.